The quantitative estimate of drug-likeness (QED) is 0.724. The van der Waals surface area contributed by atoms with E-state index in [0.29, 0.717) is 13.0 Å². The van der Waals surface area contributed by atoms with Crippen LogP contribution in [0.1, 0.15) is 33.1 Å². The molecular formula is C10H17NO3. The van der Waals surface area contributed by atoms with E-state index in [0.717, 1.165) is 12.8 Å². The van der Waals surface area contributed by atoms with Crippen LogP contribution in [0, 0.1) is 5.92 Å². The summed E-state index contributed by atoms with van der Waals surface area (Å²) in [6.45, 7) is 3.91. The molecule has 1 heterocycles. The minimum atomic E-state index is -0.786. The number of carboxylic acids is 1. The van der Waals surface area contributed by atoms with Gasteiger partial charge in [-0.05, 0) is 19.3 Å². The van der Waals surface area contributed by atoms with E-state index >= 15 is 0 Å². The molecule has 0 radical (unpaired) electrons. The maximum atomic E-state index is 11.3. The molecule has 1 fully saturated rings. The molecule has 0 aromatic carbocycles. The van der Waals surface area contributed by atoms with Crippen molar-refractivity contribution in [3.63, 3.8) is 0 Å². The SMILES string of the molecule is CCC1CCC(C(=O)O)CN1C(C)=O. The first-order valence-corrected chi connectivity index (χ1v) is 5.06. The van der Waals surface area contributed by atoms with E-state index in [4.69, 9.17) is 5.11 Å². The van der Waals surface area contributed by atoms with Crippen molar-refractivity contribution in [2.24, 2.45) is 5.92 Å². The van der Waals surface area contributed by atoms with Gasteiger partial charge < -0.3 is 10.0 Å². The Morgan fingerprint density at radius 2 is 2.07 bits per heavy atom. The van der Waals surface area contributed by atoms with Crippen molar-refractivity contribution in [2.45, 2.75) is 39.2 Å². The van der Waals surface area contributed by atoms with Crippen LogP contribution in [0.25, 0.3) is 0 Å². The number of aliphatic carboxylic acids is 1. The maximum absolute atomic E-state index is 11.3. The Labute approximate surface area is 83.9 Å². The molecular weight excluding hydrogens is 182 g/mol. The second-order valence-corrected chi connectivity index (χ2v) is 3.85. The first-order chi connectivity index (χ1) is 6.56. The van der Waals surface area contributed by atoms with Gasteiger partial charge in [0.2, 0.25) is 5.91 Å². The summed E-state index contributed by atoms with van der Waals surface area (Å²) in [6.07, 6.45) is 2.41. The highest BCUT2D eigenvalue weighted by atomic mass is 16.4. The van der Waals surface area contributed by atoms with E-state index in [1.807, 2.05) is 6.92 Å². The molecule has 1 aliphatic heterocycles. The molecule has 0 saturated carbocycles. The molecule has 2 unspecified atom stereocenters. The lowest BCUT2D eigenvalue weighted by Crippen LogP contribution is -2.47. The summed E-state index contributed by atoms with van der Waals surface area (Å²) in [7, 11) is 0. The van der Waals surface area contributed by atoms with Crippen molar-refractivity contribution < 1.29 is 14.7 Å². The van der Waals surface area contributed by atoms with Crippen LogP contribution in [0.5, 0.6) is 0 Å². The first kappa shape index (κ1) is 11.0. The van der Waals surface area contributed by atoms with Crippen molar-refractivity contribution in [3.05, 3.63) is 0 Å². The Balaban J connectivity index is 2.66. The van der Waals surface area contributed by atoms with E-state index in [1.54, 1.807) is 4.90 Å². The van der Waals surface area contributed by atoms with Crippen LogP contribution in [-0.2, 0) is 9.59 Å². The Morgan fingerprint density at radius 1 is 1.43 bits per heavy atom. The fraction of sp³-hybridized carbons (Fsp3) is 0.800. The van der Waals surface area contributed by atoms with Crippen LogP contribution < -0.4 is 0 Å². The molecule has 1 amide bonds. The summed E-state index contributed by atoms with van der Waals surface area (Å²) in [5.41, 5.74) is 0. The number of hydrogen-bond acceptors (Lipinski definition) is 2. The molecule has 0 aromatic rings. The summed E-state index contributed by atoms with van der Waals surface area (Å²) in [6, 6.07) is 0.239. The zero-order valence-corrected chi connectivity index (χ0v) is 8.69. The second kappa shape index (κ2) is 4.44. The molecule has 80 valence electrons. The van der Waals surface area contributed by atoms with Gasteiger partial charge in [-0.2, -0.15) is 0 Å². The number of nitrogens with zero attached hydrogens (tertiary/aromatic N) is 1. The third-order valence-electron chi connectivity index (χ3n) is 2.93. The Hall–Kier alpha value is -1.06. The van der Waals surface area contributed by atoms with Gasteiger partial charge in [0.05, 0.1) is 5.92 Å². The zero-order valence-electron chi connectivity index (χ0n) is 8.69. The van der Waals surface area contributed by atoms with E-state index in [2.05, 4.69) is 0 Å². The van der Waals surface area contributed by atoms with Crippen LogP contribution in [0.4, 0.5) is 0 Å². The van der Waals surface area contributed by atoms with Crippen LogP contribution in [0.2, 0.25) is 0 Å². The van der Waals surface area contributed by atoms with Crippen LogP contribution >= 0.6 is 0 Å². The van der Waals surface area contributed by atoms with Crippen molar-refractivity contribution in [1.82, 2.24) is 4.90 Å². The smallest absolute Gasteiger partial charge is 0.308 e. The van der Waals surface area contributed by atoms with E-state index in [-0.39, 0.29) is 17.9 Å². The topological polar surface area (TPSA) is 57.6 Å². The summed E-state index contributed by atoms with van der Waals surface area (Å²) in [5, 5.41) is 8.86. The molecule has 1 rings (SSSR count). The average molecular weight is 199 g/mol. The van der Waals surface area contributed by atoms with Gasteiger partial charge in [0.1, 0.15) is 0 Å². The number of amides is 1. The van der Waals surface area contributed by atoms with Gasteiger partial charge in [-0.15, -0.1) is 0 Å². The van der Waals surface area contributed by atoms with Crippen LogP contribution in [0.3, 0.4) is 0 Å². The van der Waals surface area contributed by atoms with E-state index in [9.17, 15) is 9.59 Å². The number of carbonyl (C=O) groups is 2. The second-order valence-electron chi connectivity index (χ2n) is 3.85. The summed E-state index contributed by atoms with van der Waals surface area (Å²) in [5.74, 6) is -1.17. The molecule has 0 aliphatic carbocycles. The monoisotopic (exact) mass is 199 g/mol. The number of rotatable bonds is 2. The van der Waals surface area contributed by atoms with Crippen molar-refractivity contribution >= 4 is 11.9 Å². The minimum absolute atomic E-state index is 0.0113. The standard InChI is InChI=1S/C10H17NO3/c1-3-9-5-4-8(10(13)14)6-11(9)7(2)12/h8-9H,3-6H2,1-2H3,(H,13,14). The number of piperidine rings is 1. The highest BCUT2D eigenvalue weighted by Gasteiger charge is 2.32. The summed E-state index contributed by atoms with van der Waals surface area (Å²) < 4.78 is 0. The van der Waals surface area contributed by atoms with Crippen LogP contribution in [-0.4, -0.2) is 34.5 Å². The van der Waals surface area contributed by atoms with Crippen molar-refractivity contribution in [2.75, 3.05) is 6.54 Å². The lowest BCUT2D eigenvalue weighted by molar-refractivity contribution is -0.146. The molecule has 4 nitrogen and oxygen atoms in total. The minimum Gasteiger partial charge on any atom is -0.481 e. The number of hydrogen-bond donors (Lipinski definition) is 1. The molecule has 1 aliphatic rings. The molecule has 2 atom stereocenters. The van der Waals surface area contributed by atoms with Gasteiger partial charge in [-0.1, -0.05) is 6.92 Å². The highest BCUT2D eigenvalue weighted by Crippen LogP contribution is 2.24. The average Bonchev–Trinajstić information content (AvgIpc) is 2.16. The molecule has 4 heteroatoms. The predicted molar refractivity (Wildman–Crippen MR) is 51.8 cm³/mol. The fourth-order valence-electron chi connectivity index (χ4n) is 2.04. The summed E-state index contributed by atoms with van der Waals surface area (Å²) in [4.78, 5) is 23.7. The van der Waals surface area contributed by atoms with E-state index < -0.39 is 5.97 Å². The number of likely N-dealkylation sites (tertiary alicyclic amines) is 1. The van der Waals surface area contributed by atoms with Gasteiger partial charge in [0.25, 0.3) is 0 Å². The lowest BCUT2D eigenvalue weighted by atomic mass is 9.91. The Kier molecular flexibility index (Phi) is 3.49. The van der Waals surface area contributed by atoms with Crippen LogP contribution in [0.15, 0.2) is 0 Å². The molecule has 0 bridgehead atoms. The Bertz CT molecular complexity index is 240. The third kappa shape index (κ3) is 2.25. The first-order valence-electron chi connectivity index (χ1n) is 5.06. The fourth-order valence-corrected chi connectivity index (χ4v) is 2.04. The zero-order chi connectivity index (χ0) is 10.7. The normalized spacial score (nSPS) is 27.4. The molecule has 0 spiro atoms. The largest absolute Gasteiger partial charge is 0.481 e. The predicted octanol–water partition coefficient (Wildman–Crippen LogP) is 1.11. The maximum Gasteiger partial charge on any atom is 0.308 e. The highest BCUT2D eigenvalue weighted by molar-refractivity contribution is 5.76. The van der Waals surface area contributed by atoms with Gasteiger partial charge >= 0.3 is 5.97 Å². The molecule has 1 N–H and O–H groups in total. The van der Waals surface area contributed by atoms with Gasteiger partial charge in [0.15, 0.2) is 0 Å². The van der Waals surface area contributed by atoms with E-state index in [1.165, 1.54) is 6.92 Å². The summed E-state index contributed by atoms with van der Waals surface area (Å²) >= 11 is 0. The van der Waals surface area contributed by atoms with Crippen molar-refractivity contribution in [3.8, 4) is 0 Å². The van der Waals surface area contributed by atoms with Gasteiger partial charge in [0, 0.05) is 19.5 Å². The molecule has 1 saturated heterocycles. The number of carbonyl (C=O) groups excluding carboxylic acids is 1. The Morgan fingerprint density at radius 3 is 2.50 bits per heavy atom. The lowest BCUT2D eigenvalue weighted by Gasteiger charge is -2.37. The van der Waals surface area contributed by atoms with Gasteiger partial charge in [-0.3, -0.25) is 9.59 Å². The van der Waals surface area contributed by atoms with Crippen molar-refractivity contribution in [1.29, 1.82) is 0 Å². The molecule has 0 aromatic heterocycles. The molecule has 14 heavy (non-hydrogen) atoms. The van der Waals surface area contributed by atoms with Gasteiger partial charge in [-0.25, -0.2) is 0 Å². The third-order valence-corrected chi connectivity index (χ3v) is 2.93. The number of carboxylic acid groups (broad SMARTS) is 1.